The highest BCUT2D eigenvalue weighted by Crippen LogP contribution is 2.32. The molecule has 1 aromatic rings. The van der Waals surface area contributed by atoms with E-state index in [2.05, 4.69) is 5.32 Å². The van der Waals surface area contributed by atoms with Crippen molar-refractivity contribution >= 4 is 0 Å². The minimum atomic E-state index is -4.26. The molecule has 0 saturated heterocycles. The third-order valence-corrected chi connectivity index (χ3v) is 3.59. The molecule has 1 aliphatic rings. The van der Waals surface area contributed by atoms with E-state index >= 15 is 0 Å². The largest absolute Gasteiger partial charge is 0.416 e. The Morgan fingerprint density at radius 1 is 1.17 bits per heavy atom. The first-order valence-corrected chi connectivity index (χ1v) is 6.43. The van der Waals surface area contributed by atoms with Gasteiger partial charge in [-0.2, -0.15) is 13.2 Å². The number of hydrogen-bond acceptors (Lipinski definition) is 1. The summed E-state index contributed by atoms with van der Waals surface area (Å²) in [7, 11) is 0. The van der Waals surface area contributed by atoms with Gasteiger partial charge < -0.3 is 5.32 Å². The predicted octanol–water partition coefficient (Wildman–Crippen LogP) is 3.99. The van der Waals surface area contributed by atoms with Crippen molar-refractivity contribution in [3.05, 3.63) is 35.4 Å². The van der Waals surface area contributed by atoms with Crippen LogP contribution in [0.5, 0.6) is 0 Å². The van der Waals surface area contributed by atoms with Crippen LogP contribution in [0.3, 0.4) is 0 Å². The van der Waals surface area contributed by atoms with Crippen LogP contribution in [0, 0.1) is 5.92 Å². The molecule has 1 aliphatic carbocycles. The Balaban J connectivity index is 1.84. The standard InChI is InChI=1S/C14H18F3N/c15-14(16,17)13-7-2-1-6-12(13)10-18-9-8-11-4-3-5-11/h1-2,6-7,11,18H,3-5,8-10H2. The monoisotopic (exact) mass is 257 g/mol. The van der Waals surface area contributed by atoms with Crippen LogP contribution in [-0.4, -0.2) is 6.54 Å². The molecule has 1 N–H and O–H groups in total. The Hall–Kier alpha value is -1.03. The summed E-state index contributed by atoms with van der Waals surface area (Å²) in [4.78, 5) is 0. The van der Waals surface area contributed by atoms with Gasteiger partial charge >= 0.3 is 6.18 Å². The second-order valence-electron chi connectivity index (χ2n) is 4.92. The summed E-state index contributed by atoms with van der Waals surface area (Å²) in [6.07, 6.45) is 0.684. The van der Waals surface area contributed by atoms with Gasteiger partial charge in [0, 0.05) is 6.54 Å². The second-order valence-corrected chi connectivity index (χ2v) is 4.92. The Labute approximate surface area is 105 Å². The molecule has 0 amide bonds. The first-order valence-electron chi connectivity index (χ1n) is 6.43. The molecule has 0 spiro atoms. The van der Waals surface area contributed by atoms with Crippen molar-refractivity contribution in [3.63, 3.8) is 0 Å². The van der Waals surface area contributed by atoms with E-state index in [1.54, 1.807) is 12.1 Å². The highest BCUT2D eigenvalue weighted by Gasteiger charge is 2.32. The van der Waals surface area contributed by atoms with Crippen molar-refractivity contribution < 1.29 is 13.2 Å². The smallest absolute Gasteiger partial charge is 0.313 e. The predicted molar refractivity (Wildman–Crippen MR) is 65.1 cm³/mol. The van der Waals surface area contributed by atoms with Crippen LogP contribution in [0.2, 0.25) is 0 Å². The summed E-state index contributed by atoms with van der Waals surface area (Å²) >= 11 is 0. The van der Waals surface area contributed by atoms with Gasteiger partial charge in [0.25, 0.3) is 0 Å². The molecule has 1 saturated carbocycles. The van der Waals surface area contributed by atoms with E-state index in [0.29, 0.717) is 12.1 Å². The first-order chi connectivity index (χ1) is 8.57. The fourth-order valence-corrected chi connectivity index (χ4v) is 2.26. The third-order valence-electron chi connectivity index (χ3n) is 3.59. The van der Waals surface area contributed by atoms with E-state index in [1.807, 2.05) is 0 Å². The van der Waals surface area contributed by atoms with E-state index in [9.17, 15) is 13.2 Å². The molecule has 1 aromatic carbocycles. The van der Waals surface area contributed by atoms with Gasteiger partial charge in [0.1, 0.15) is 0 Å². The molecule has 100 valence electrons. The van der Waals surface area contributed by atoms with Crippen molar-refractivity contribution in [2.75, 3.05) is 6.54 Å². The summed E-state index contributed by atoms with van der Waals surface area (Å²) in [5.74, 6) is 0.787. The lowest BCUT2D eigenvalue weighted by atomic mass is 9.83. The van der Waals surface area contributed by atoms with Gasteiger partial charge in [0.2, 0.25) is 0 Å². The Morgan fingerprint density at radius 3 is 2.50 bits per heavy atom. The van der Waals surface area contributed by atoms with E-state index in [1.165, 1.54) is 25.3 Å². The van der Waals surface area contributed by atoms with Gasteiger partial charge in [0.15, 0.2) is 0 Å². The van der Waals surface area contributed by atoms with E-state index in [0.717, 1.165) is 24.9 Å². The first kappa shape index (κ1) is 13.4. The SMILES string of the molecule is FC(F)(F)c1ccccc1CNCCC1CCC1. The topological polar surface area (TPSA) is 12.0 Å². The maximum Gasteiger partial charge on any atom is 0.416 e. The molecule has 1 fully saturated rings. The Bertz CT molecular complexity index is 383. The second kappa shape index (κ2) is 5.74. The van der Waals surface area contributed by atoms with E-state index in [4.69, 9.17) is 0 Å². The zero-order chi connectivity index (χ0) is 13.0. The average molecular weight is 257 g/mol. The van der Waals surface area contributed by atoms with Gasteiger partial charge in [-0.3, -0.25) is 0 Å². The lowest BCUT2D eigenvalue weighted by Gasteiger charge is -2.25. The van der Waals surface area contributed by atoms with E-state index in [-0.39, 0.29) is 0 Å². The minimum absolute atomic E-state index is 0.294. The normalized spacial score (nSPS) is 16.6. The van der Waals surface area contributed by atoms with E-state index < -0.39 is 11.7 Å². The molecule has 0 aliphatic heterocycles. The van der Waals surface area contributed by atoms with Crippen LogP contribution in [0.25, 0.3) is 0 Å². The van der Waals surface area contributed by atoms with Gasteiger partial charge in [-0.25, -0.2) is 0 Å². The van der Waals surface area contributed by atoms with Crippen molar-refractivity contribution in [1.29, 1.82) is 0 Å². The van der Waals surface area contributed by atoms with Crippen molar-refractivity contribution in [1.82, 2.24) is 5.32 Å². The van der Waals surface area contributed by atoms with Crippen LogP contribution in [0.4, 0.5) is 13.2 Å². The zero-order valence-corrected chi connectivity index (χ0v) is 10.3. The molecule has 0 bridgehead atoms. The number of nitrogens with one attached hydrogen (secondary N) is 1. The average Bonchev–Trinajstić information content (AvgIpc) is 2.25. The van der Waals surface area contributed by atoms with Gasteiger partial charge in [-0.05, 0) is 30.5 Å². The molecule has 0 aromatic heterocycles. The number of alkyl halides is 3. The fourth-order valence-electron chi connectivity index (χ4n) is 2.26. The molecule has 0 heterocycles. The lowest BCUT2D eigenvalue weighted by Crippen LogP contribution is -2.22. The fraction of sp³-hybridized carbons (Fsp3) is 0.571. The summed E-state index contributed by atoms with van der Waals surface area (Å²) in [5, 5.41) is 3.11. The summed E-state index contributed by atoms with van der Waals surface area (Å²) < 4.78 is 38.2. The summed E-state index contributed by atoms with van der Waals surface area (Å²) in [6, 6.07) is 5.76. The van der Waals surface area contributed by atoms with Crippen molar-refractivity contribution in [2.24, 2.45) is 5.92 Å². The summed E-state index contributed by atoms with van der Waals surface area (Å²) in [5.41, 5.74) is -0.195. The molecule has 0 atom stereocenters. The molecular weight excluding hydrogens is 239 g/mol. The number of halogens is 3. The lowest BCUT2D eigenvalue weighted by molar-refractivity contribution is -0.138. The van der Waals surface area contributed by atoms with Crippen LogP contribution < -0.4 is 5.32 Å². The van der Waals surface area contributed by atoms with Crippen LogP contribution >= 0.6 is 0 Å². The van der Waals surface area contributed by atoms with Crippen molar-refractivity contribution in [2.45, 2.75) is 38.4 Å². The Morgan fingerprint density at radius 2 is 1.89 bits per heavy atom. The van der Waals surface area contributed by atoms with Crippen LogP contribution in [-0.2, 0) is 12.7 Å². The van der Waals surface area contributed by atoms with Gasteiger partial charge in [-0.1, -0.05) is 37.5 Å². The third kappa shape index (κ3) is 3.48. The number of benzene rings is 1. The van der Waals surface area contributed by atoms with Crippen LogP contribution in [0.1, 0.15) is 36.8 Å². The molecule has 4 heteroatoms. The Kier molecular flexibility index (Phi) is 4.27. The minimum Gasteiger partial charge on any atom is -0.313 e. The van der Waals surface area contributed by atoms with Crippen molar-refractivity contribution in [3.8, 4) is 0 Å². The molecule has 0 radical (unpaired) electrons. The van der Waals surface area contributed by atoms with Crippen LogP contribution in [0.15, 0.2) is 24.3 Å². The quantitative estimate of drug-likeness (QED) is 0.787. The highest BCUT2D eigenvalue weighted by molar-refractivity contribution is 5.29. The van der Waals surface area contributed by atoms with Gasteiger partial charge in [0.05, 0.1) is 5.56 Å². The maximum absolute atomic E-state index is 12.7. The zero-order valence-electron chi connectivity index (χ0n) is 10.3. The highest BCUT2D eigenvalue weighted by atomic mass is 19.4. The molecule has 0 unspecified atom stereocenters. The molecule has 18 heavy (non-hydrogen) atoms. The molecule has 1 nitrogen and oxygen atoms in total. The number of rotatable bonds is 5. The maximum atomic E-state index is 12.7. The summed E-state index contributed by atoms with van der Waals surface area (Å²) in [6.45, 7) is 1.10. The number of hydrogen-bond donors (Lipinski definition) is 1. The molecule has 2 rings (SSSR count). The van der Waals surface area contributed by atoms with Gasteiger partial charge in [-0.15, -0.1) is 0 Å². The molecular formula is C14H18F3N.